The molecule has 0 saturated heterocycles. The van der Waals surface area contributed by atoms with E-state index in [1.807, 2.05) is 48.2 Å². The van der Waals surface area contributed by atoms with Crippen LogP contribution in [0.4, 0.5) is 25.2 Å². The van der Waals surface area contributed by atoms with Crippen LogP contribution in [0.5, 0.6) is 0 Å². The maximum atomic E-state index is 13.4. The third-order valence-corrected chi connectivity index (χ3v) is 12.7. The Morgan fingerprint density at radius 1 is 0.508 bits per heavy atom. The Balaban J connectivity index is 0.000000637. The average molecular weight is 853 g/mol. The molecule has 0 atom stereocenters. The van der Waals surface area contributed by atoms with Crippen LogP contribution in [0.25, 0.3) is 44.5 Å². The van der Waals surface area contributed by atoms with E-state index >= 15 is 0 Å². The van der Waals surface area contributed by atoms with Crippen molar-refractivity contribution in [2.45, 2.75) is 53.2 Å². The van der Waals surface area contributed by atoms with Crippen molar-refractivity contribution in [2.75, 3.05) is 0 Å². The van der Waals surface area contributed by atoms with Gasteiger partial charge in [-0.2, -0.15) is 0 Å². The molecule has 0 fully saturated rings. The molecule has 0 amide bonds. The number of ketones is 1. The Morgan fingerprint density at radius 2 is 1.03 bits per heavy atom. The molecule has 1 nitrogen and oxygen atoms in total. The van der Waals surface area contributed by atoms with E-state index in [-0.39, 0.29) is 16.6 Å². The number of halogens is 6. The Kier molecular flexibility index (Phi) is 9.47. The van der Waals surface area contributed by atoms with Crippen LogP contribution in [0, 0.1) is 0 Å². The van der Waals surface area contributed by atoms with Gasteiger partial charge in [0.2, 0.25) is 0 Å². The Morgan fingerprint density at radius 3 is 1.73 bits per heavy atom. The summed E-state index contributed by atoms with van der Waals surface area (Å²) in [6.45, 7) is 9.28. The first-order valence-electron chi connectivity index (χ1n) is 18.9. The molecule has 0 aromatic heterocycles. The van der Waals surface area contributed by atoms with Crippen LogP contribution in [0.3, 0.4) is 0 Å². The normalized spacial score (nSPS) is 15.4. The fourth-order valence-electron chi connectivity index (χ4n) is 8.78. The molecular formula is C49H39F6OPS2. The van der Waals surface area contributed by atoms with Gasteiger partial charge in [0.1, 0.15) is 0 Å². The first kappa shape index (κ1) is 40.7. The molecular weight excluding hydrogens is 814 g/mol. The van der Waals surface area contributed by atoms with Gasteiger partial charge in [-0.05, 0) is 104 Å². The van der Waals surface area contributed by atoms with Crippen molar-refractivity contribution in [3.8, 4) is 44.5 Å². The van der Waals surface area contributed by atoms with Crippen LogP contribution >= 0.6 is 19.6 Å². The van der Waals surface area contributed by atoms with Crippen LogP contribution in [-0.2, 0) is 23.5 Å². The maximum absolute atomic E-state index is 13.4. The predicted octanol–water partition coefficient (Wildman–Crippen LogP) is 15.8. The Hall–Kier alpha value is -5.08. The van der Waals surface area contributed by atoms with Crippen molar-refractivity contribution < 1.29 is 30.0 Å². The Bertz CT molecular complexity index is 2810. The van der Waals surface area contributed by atoms with Crippen molar-refractivity contribution in [2.24, 2.45) is 0 Å². The van der Waals surface area contributed by atoms with Crippen molar-refractivity contribution in [3.63, 3.8) is 0 Å². The zero-order valence-electron chi connectivity index (χ0n) is 32.5. The number of carbonyl (C=O) groups is 1. The molecule has 0 saturated carbocycles. The number of fused-ring (bicyclic) bond motifs is 6. The van der Waals surface area contributed by atoms with Gasteiger partial charge in [0, 0.05) is 37.3 Å². The quantitative estimate of drug-likeness (QED) is 0.0717. The van der Waals surface area contributed by atoms with Gasteiger partial charge in [-0.15, -0.1) is 0 Å². The topological polar surface area (TPSA) is 17.1 Å². The number of hydrogen-bond donors (Lipinski definition) is 0. The van der Waals surface area contributed by atoms with E-state index in [4.69, 9.17) is 0 Å². The molecule has 0 aliphatic heterocycles. The third kappa shape index (κ3) is 8.01. The molecule has 59 heavy (non-hydrogen) atoms. The SMILES string of the molecule is CC1(C)c2cc(C(=O)c3ccccc3)ccc2-c2cccc(Sc3ccc(-c4cccc([SH2+])c4-c4cccc5c4C(C)(C)c4ccccc4-5)cc3)c21.F[P-](F)(F)(F)(F)F. The van der Waals surface area contributed by atoms with Gasteiger partial charge in [0.25, 0.3) is 0 Å². The summed E-state index contributed by atoms with van der Waals surface area (Å²) in [5.41, 5.74) is 16.4. The van der Waals surface area contributed by atoms with Crippen LogP contribution in [-0.4, -0.2) is 5.78 Å². The predicted molar refractivity (Wildman–Crippen MR) is 235 cm³/mol. The van der Waals surface area contributed by atoms with Crippen LogP contribution in [0.15, 0.2) is 166 Å². The fraction of sp³-hybridized carbons (Fsp3) is 0.122. The van der Waals surface area contributed by atoms with Crippen molar-refractivity contribution in [1.82, 2.24) is 0 Å². The summed E-state index contributed by atoms with van der Waals surface area (Å²) in [4.78, 5) is 16.9. The summed E-state index contributed by atoms with van der Waals surface area (Å²) in [7, 11) is -10.7. The fourth-order valence-corrected chi connectivity index (χ4v) is 10.3. The molecule has 300 valence electrons. The molecule has 0 bridgehead atoms. The van der Waals surface area contributed by atoms with E-state index in [2.05, 4.69) is 156 Å². The van der Waals surface area contributed by atoms with Gasteiger partial charge in [0.15, 0.2) is 10.7 Å². The van der Waals surface area contributed by atoms with Crippen LogP contribution < -0.4 is 0 Å². The summed E-state index contributed by atoms with van der Waals surface area (Å²) in [5.74, 6) is 0.0591. The van der Waals surface area contributed by atoms with E-state index in [0.717, 1.165) is 10.5 Å². The zero-order valence-corrected chi connectivity index (χ0v) is 35.2. The second-order valence-electron chi connectivity index (χ2n) is 16.0. The number of carbonyl (C=O) groups excluding carboxylic acids is 1. The molecule has 0 N–H and O–H groups in total. The minimum atomic E-state index is -10.7. The monoisotopic (exact) mass is 852 g/mol. The van der Waals surface area contributed by atoms with E-state index < -0.39 is 7.81 Å². The van der Waals surface area contributed by atoms with Crippen molar-refractivity contribution >= 4 is 38.0 Å². The number of rotatable bonds is 6. The van der Waals surface area contributed by atoms with E-state index in [9.17, 15) is 30.0 Å². The summed E-state index contributed by atoms with van der Waals surface area (Å²) in [6.07, 6.45) is 0. The molecule has 0 radical (unpaired) electrons. The summed E-state index contributed by atoms with van der Waals surface area (Å²) in [6, 6.07) is 53.6. The summed E-state index contributed by atoms with van der Waals surface area (Å²) < 4.78 is 59.2. The van der Waals surface area contributed by atoms with Crippen LogP contribution in [0.2, 0.25) is 0 Å². The standard InChI is InChI=1S/C49H38OS2.F6P/c1-48(2)40-20-9-8-15-35(40)37-17-10-19-39(45(37)48)44-34(16-11-21-42(44)51)30-23-26-33(27-24-30)52-43-22-12-18-38-36-28-25-32(29-41(36)49(3,4)46(38)43)47(50)31-13-6-5-7-14-31;1-7(2,3,4,5)6/h5-29,51H,1-4H3;/q;-1/p+1. The molecule has 9 rings (SSSR count). The van der Waals surface area contributed by atoms with Crippen molar-refractivity contribution in [1.29, 1.82) is 0 Å². The van der Waals surface area contributed by atoms with E-state index in [1.54, 1.807) is 0 Å². The van der Waals surface area contributed by atoms with Gasteiger partial charge in [-0.25, -0.2) is 0 Å². The molecule has 10 heteroatoms. The average Bonchev–Trinajstić information content (AvgIpc) is 3.57. The zero-order chi connectivity index (χ0) is 42.2. The van der Waals surface area contributed by atoms with E-state index in [0.29, 0.717) is 5.56 Å². The third-order valence-electron chi connectivity index (χ3n) is 11.2. The minimum absolute atomic E-state index is 0.0591. The molecule has 7 aromatic carbocycles. The number of hydrogen-bond acceptors (Lipinski definition) is 2. The van der Waals surface area contributed by atoms with Gasteiger partial charge in [-0.1, -0.05) is 161 Å². The summed E-state index contributed by atoms with van der Waals surface area (Å²) in [5, 5.41) is 0. The second-order valence-corrected chi connectivity index (χ2v) is 19.5. The molecule has 0 spiro atoms. The molecule has 2 aliphatic carbocycles. The van der Waals surface area contributed by atoms with Gasteiger partial charge in [-0.3, -0.25) is 4.79 Å². The van der Waals surface area contributed by atoms with Gasteiger partial charge >= 0.3 is 33.0 Å². The molecule has 7 aromatic rings. The molecule has 0 heterocycles. The molecule has 0 unspecified atom stereocenters. The molecule has 2 aliphatic rings. The van der Waals surface area contributed by atoms with E-state index in [1.165, 1.54) is 76.6 Å². The van der Waals surface area contributed by atoms with Gasteiger partial charge < -0.3 is 0 Å². The second kappa shape index (κ2) is 13.7. The van der Waals surface area contributed by atoms with Crippen molar-refractivity contribution in [3.05, 3.63) is 185 Å². The van der Waals surface area contributed by atoms with Gasteiger partial charge in [0.05, 0.1) is 0 Å². The summed E-state index contributed by atoms with van der Waals surface area (Å²) >= 11 is 5.85. The first-order valence-corrected chi connectivity index (χ1v) is 22.3. The Labute approximate surface area is 349 Å². The first-order chi connectivity index (χ1) is 27.6. The number of benzene rings is 7. The van der Waals surface area contributed by atoms with Crippen LogP contribution in [0.1, 0.15) is 65.9 Å².